The summed E-state index contributed by atoms with van der Waals surface area (Å²) in [6.07, 6.45) is 1.69. The van der Waals surface area contributed by atoms with Gasteiger partial charge in [0.25, 0.3) is 0 Å². The van der Waals surface area contributed by atoms with Crippen molar-refractivity contribution in [3.63, 3.8) is 0 Å². The number of hydrogen-bond acceptors (Lipinski definition) is 14. The highest BCUT2D eigenvalue weighted by Crippen LogP contribution is 1.76. The minimum absolute atomic E-state index is 0. The lowest BCUT2D eigenvalue weighted by molar-refractivity contribution is 0.891. The third-order valence-electron chi connectivity index (χ3n) is 1.63. The summed E-state index contributed by atoms with van der Waals surface area (Å²) in [7, 11) is 10.2. The van der Waals surface area contributed by atoms with Crippen LogP contribution in [0.2, 0.25) is 0 Å². The Morgan fingerprint density at radius 1 is 0.625 bits per heavy atom. The molecule has 0 aromatic rings. The van der Waals surface area contributed by atoms with Crippen molar-refractivity contribution in [3.05, 3.63) is 0 Å². The molecule has 0 fully saturated rings. The van der Waals surface area contributed by atoms with Crippen LogP contribution < -0.4 is 21.7 Å². The van der Waals surface area contributed by atoms with Gasteiger partial charge in [-0.2, -0.15) is 30.6 Å². The molecule has 0 aromatic carbocycles. The Morgan fingerprint density at radius 3 is 1.03 bits per heavy atom. The summed E-state index contributed by atoms with van der Waals surface area (Å²) in [5.74, 6) is 1.27. The number of nitrogens with zero attached hydrogens (tertiary/aromatic N) is 12. The lowest BCUT2D eigenvalue weighted by atomic mass is 10.5. The zero-order chi connectivity index (χ0) is 25.9. The Kier molecular flexibility index (Phi) is 81.4. The fourth-order valence-electron chi connectivity index (χ4n) is 1.01. The van der Waals surface area contributed by atoms with Gasteiger partial charge in [-0.05, 0) is 34.6 Å². The maximum atomic E-state index is 6.00. The van der Waals surface area contributed by atoms with Crippen molar-refractivity contribution in [2.24, 2.45) is 40.9 Å². The lowest BCUT2D eigenvalue weighted by Gasteiger charge is -1.86. The largest absolute Gasteiger partial charge is 0.313 e. The summed E-state index contributed by atoms with van der Waals surface area (Å²) >= 11 is 0. The van der Waals surface area contributed by atoms with Crippen LogP contribution in [0.15, 0.2) is 40.9 Å². The molecule has 0 atom stereocenters. The number of hydrogen-bond donors (Lipinski definition) is 4. The highest BCUT2D eigenvalue weighted by Gasteiger charge is 1.78. The molecule has 186 valence electrons. The van der Waals surface area contributed by atoms with E-state index in [1.807, 2.05) is 20.8 Å². The third-order valence-corrected chi connectivity index (χ3v) is 1.63. The van der Waals surface area contributed by atoms with Crippen molar-refractivity contribution in [2.45, 2.75) is 42.0 Å². The minimum atomic E-state index is 0. The summed E-state index contributed by atoms with van der Waals surface area (Å²) < 4.78 is 0. The second-order valence-corrected chi connectivity index (χ2v) is 4.26. The first-order valence-electron chi connectivity index (χ1n) is 8.54. The first kappa shape index (κ1) is 46.2. The molecule has 0 saturated carbocycles. The summed E-state index contributed by atoms with van der Waals surface area (Å²) in [5, 5.41) is 53.1. The van der Waals surface area contributed by atoms with Crippen LogP contribution >= 0.6 is 0 Å². The molecule has 0 unspecified atom stereocenters. The van der Waals surface area contributed by atoms with Gasteiger partial charge in [0.05, 0.1) is 0 Å². The van der Waals surface area contributed by atoms with E-state index in [2.05, 4.69) is 62.6 Å². The van der Waals surface area contributed by atoms with Crippen molar-refractivity contribution in [1.29, 1.82) is 21.6 Å². The summed E-state index contributed by atoms with van der Waals surface area (Å²) in [6, 6.07) is 0. The molecule has 0 bridgehead atoms. The molecule has 0 heterocycles. The molecule has 0 radical (unpaired) electrons. The van der Waals surface area contributed by atoms with E-state index < -0.39 is 0 Å². The van der Waals surface area contributed by atoms with Crippen LogP contribution in [0.5, 0.6) is 0 Å². The molecular formula is C16H42N16. The molecule has 4 N–H and O–H groups in total. The average Bonchev–Trinajstić information content (AvgIpc) is 2.74. The number of amidine groups is 2. The summed E-state index contributed by atoms with van der Waals surface area (Å²) in [4.78, 5) is 0. The highest BCUT2D eigenvalue weighted by molar-refractivity contribution is 5.79. The van der Waals surface area contributed by atoms with E-state index in [4.69, 9.17) is 21.6 Å². The molecule has 0 aromatic heterocycles. The molecule has 0 saturated heterocycles. The van der Waals surface area contributed by atoms with Crippen LogP contribution in [0.25, 0.3) is 0 Å². The second-order valence-electron chi connectivity index (χ2n) is 4.26. The van der Waals surface area contributed by atoms with E-state index in [-0.39, 0.29) is 7.43 Å². The fourth-order valence-corrected chi connectivity index (χ4v) is 1.01. The first-order valence-corrected chi connectivity index (χ1v) is 8.54. The van der Waals surface area contributed by atoms with Gasteiger partial charge in [-0.15, -0.1) is 10.2 Å². The smallest absolute Gasteiger partial charge is 0.167 e. The van der Waals surface area contributed by atoms with Crippen molar-refractivity contribution >= 4 is 23.6 Å². The van der Waals surface area contributed by atoms with Gasteiger partial charge in [0, 0.05) is 75.8 Å². The van der Waals surface area contributed by atoms with Crippen molar-refractivity contribution in [3.8, 4) is 0 Å². The third kappa shape index (κ3) is 96.4. The van der Waals surface area contributed by atoms with E-state index in [9.17, 15) is 0 Å². The zero-order valence-electron chi connectivity index (χ0n) is 20.4. The summed E-state index contributed by atoms with van der Waals surface area (Å²) in [5.41, 5.74) is 11.5. The standard InChI is InChI=1S/2C4H10N4.C4H10N2.C3H8N2.CH4.2N2/c2*1-4(7-5-2)8-6-3;1-4(2)6-5-3;1-3-5-4-2;;2*1-2/h2*5H,1-3H3;5H,1-3H3;3-4H,1-2H3;1H4;;/b2*7-4-,8-6?;;5-3+;;;. The first-order chi connectivity index (χ1) is 14.8. The number of rotatable bonds is 4. The van der Waals surface area contributed by atoms with Gasteiger partial charge in [-0.3, -0.25) is 0 Å². The van der Waals surface area contributed by atoms with Crippen LogP contribution in [-0.2, 0) is 0 Å². The lowest BCUT2D eigenvalue weighted by Crippen LogP contribution is -1.97. The van der Waals surface area contributed by atoms with E-state index >= 15 is 0 Å². The maximum absolute atomic E-state index is 6.00. The molecule has 0 amide bonds. The average molecular weight is 459 g/mol. The molecular weight excluding hydrogens is 416 g/mol. The van der Waals surface area contributed by atoms with Gasteiger partial charge in [-0.1, -0.05) is 7.43 Å². The van der Waals surface area contributed by atoms with Crippen LogP contribution in [-0.4, -0.2) is 65.9 Å². The molecule has 0 aliphatic carbocycles. The Hall–Kier alpha value is -4.08. The molecule has 0 aliphatic rings. The Bertz CT molecular complexity index is 505. The van der Waals surface area contributed by atoms with Gasteiger partial charge >= 0.3 is 0 Å². The highest BCUT2D eigenvalue weighted by atomic mass is 15.3. The van der Waals surface area contributed by atoms with Crippen molar-refractivity contribution in [1.82, 2.24) is 21.7 Å². The predicted octanol–water partition coefficient (Wildman–Crippen LogP) is 2.75. The van der Waals surface area contributed by atoms with E-state index in [0.29, 0.717) is 11.7 Å². The van der Waals surface area contributed by atoms with E-state index in [0.717, 1.165) is 5.71 Å². The second kappa shape index (κ2) is 56.3. The Balaban J connectivity index is -0.0000000495. The van der Waals surface area contributed by atoms with Gasteiger partial charge in [-0.25, -0.2) is 0 Å². The minimum Gasteiger partial charge on any atom is -0.313 e. The molecule has 0 aliphatic heterocycles. The molecule has 16 nitrogen and oxygen atoms in total. The zero-order valence-corrected chi connectivity index (χ0v) is 20.4. The molecule has 32 heavy (non-hydrogen) atoms. The van der Waals surface area contributed by atoms with E-state index in [1.54, 1.807) is 62.3 Å². The van der Waals surface area contributed by atoms with Crippen molar-refractivity contribution in [2.75, 3.05) is 42.3 Å². The summed E-state index contributed by atoms with van der Waals surface area (Å²) in [6.45, 7) is 9.27. The van der Waals surface area contributed by atoms with Crippen molar-refractivity contribution < 1.29 is 0 Å². The van der Waals surface area contributed by atoms with Crippen LogP contribution in [0.3, 0.4) is 0 Å². The van der Waals surface area contributed by atoms with Gasteiger partial charge in [0.15, 0.2) is 11.7 Å². The van der Waals surface area contributed by atoms with Crippen LogP contribution in [0.4, 0.5) is 0 Å². The fraction of sp³-hybridized carbons (Fsp3) is 0.750. The molecule has 16 heteroatoms. The van der Waals surface area contributed by atoms with Crippen LogP contribution in [0.1, 0.15) is 42.0 Å². The van der Waals surface area contributed by atoms with Gasteiger partial charge in [0.1, 0.15) is 0 Å². The Labute approximate surface area is 192 Å². The van der Waals surface area contributed by atoms with Gasteiger partial charge in [0.2, 0.25) is 0 Å². The molecule has 0 rings (SSSR count). The van der Waals surface area contributed by atoms with E-state index in [1.165, 1.54) is 0 Å². The topological polar surface area (TPSA) is 242 Å². The maximum Gasteiger partial charge on any atom is 0.167 e. The number of azo groups is 2. The number of nitrogens with one attached hydrogen (secondary N) is 4. The number of hydrazone groups is 4. The normalized spacial score (nSPS) is 9.22. The van der Waals surface area contributed by atoms with Gasteiger partial charge < -0.3 is 21.7 Å². The molecule has 0 spiro atoms. The predicted molar refractivity (Wildman–Crippen MR) is 131 cm³/mol. The quantitative estimate of drug-likeness (QED) is 0.160. The SMILES string of the molecule is C.C/C=N/NC.CN=N/C(C)=N\NC.CN=N/C(C)=N\NC.CNN=C(C)C.N#N.N#N. The Morgan fingerprint density at radius 2 is 0.938 bits per heavy atom. The van der Waals surface area contributed by atoms with Crippen LogP contribution in [0, 0.1) is 21.6 Å². The monoisotopic (exact) mass is 458 g/mol.